The molecule has 0 atom stereocenters. The summed E-state index contributed by atoms with van der Waals surface area (Å²) in [6.45, 7) is 2.02. The second-order valence-electron chi connectivity index (χ2n) is 4.63. The maximum Gasteiger partial charge on any atom is 0.339 e. The van der Waals surface area contributed by atoms with Crippen LogP contribution in [0.5, 0.6) is 0 Å². The summed E-state index contributed by atoms with van der Waals surface area (Å²) in [7, 11) is 3.57. The van der Waals surface area contributed by atoms with E-state index in [0.29, 0.717) is 5.82 Å². The van der Waals surface area contributed by atoms with E-state index in [1.165, 1.54) is 5.56 Å². The number of benzene rings is 1. The number of hydrogen-bond donors (Lipinski definition) is 1. The molecule has 0 saturated carbocycles. The lowest BCUT2D eigenvalue weighted by Gasteiger charge is -2.15. The van der Waals surface area contributed by atoms with Crippen molar-refractivity contribution < 1.29 is 9.90 Å². The van der Waals surface area contributed by atoms with Gasteiger partial charge in [0.1, 0.15) is 11.4 Å². The summed E-state index contributed by atoms with van der Waals surface area (Å²) < 4.78 is 0. The molecule has 0 unspecified atom stereocenters. The lowest BCUT2D eigenvalue weighted by Crippen LogP contribution is -2.16. The number of nitrogens with zero attached hydrogens (tertiary/aromatic N) is 2. The zero-order valence-corrected chi connectivity index (χ0v) is 11.2. The van der Waals surface area contributed by atoms with Crippen molar-refractivity contribution in [3.05, 3.63) is 47.5 Å². The maximum atomic E-state index is 11.2. The van der Waals surface area contributed by atoms with Gasteiger partial charge in [-0.2, -0.15) is 0 Å². The largest absolute Gasteiger partial charge is 0.478 e. The van der Waals surface area contributed by atoms with Crippen LogP contribution in [0.15, 0.2) is 36.4 Å². The third-order valence-electron chi connectivity index (χ3n) is 2.88. The molecule has 2 rings (SSSR count). The SMILES string of the molecule is Cc1ccc(-c2ccc(C(=O)O)c(N(C)C)n2)cc1. The highest BCUT2D eigenvalue weighted by molar-refractivity contribution is 5.93. The van der Waals surface area contributed by atoms with Crippen molar-refractivity contribution in [1.82, 2.24) is 4.98 Å². The number of aryl methyl sites for hydroxylation is 1. The molecule has 1 aromatic carbocycles. The highest BCUT2D eigenvalue weighted by Crippen LogP contribution is 2.23. The second kappa shape index (κ2) is 5.10. The molecule has 0 saturated heterocycles. The molecule has 1 N–H and O–H groups in total. The Morgan fingerprint density at radius 3 is 2.26 bits per heavy atom. The lowest BCUT2D eigenvalue weighted by atomic mass is 10.1. The summed E-state index contributed by atoms with van der Waals surface area (Å²) in [5, 5.41) is 9.15. The number of aromatic carboxylic acids is 1. The summed E-state index contributed by atoms with van der Waals surface area (Å²) in [4.78, 5) is 17.3. The summed E-state index contributed by atoms with van der Waals surface area (Å²) in [6.07, 6.45) is 0. The van der Waals surface area contributed by atoms with Crippen molar-refractivity contribution in [3.63, 3.8) is 0 Å². The molecule has 0 amide bonds. The Kier molecular flexibility index (Phi) is 3.51. The highest BCUT2D eigenvalue weighted by atomic mass is 16.4. The van der Waals surface area contributed by atoms with Gasteiger partial charge >= 0.3 is 5.97 Å². The Hall–Kier alpha value is -2.36. The van der Waals surface area contributed by atoms with Crippen LogP contribution in [-0.4, -0.2) is 30.2 Å². The first-order valence-electron chi connectivity index (χ1n) is 5.98. The monoisotopic (exact) mass is 256 g/mol. The number of anilines is 1. The van der Waals surface area contributed by atoms with Gasteiger partial charge in [-0.25, -0.2) is 9.78 Å². The Bertz CT molecular complexity index is 604. The maximum absolute atomic E-state index is 11.2. The molecule has 4 heteroatoms. The van der Waals surface area contributed by atoms with Gasteiger partial charge in [-0.05, 0) is 19.1 Å². The minimum absolute atomic E-state index is 0.209. The number of carboxylic acid groups (broad SMARTS) is 1. The Labute approximate surface area is 112 Å². The third-order valence-corrected chi connectivity index (χ3v) is 2.88. The number of carbonyl (C=O) groups is 1. The fraction of sp³-hybridized carbons (Fsp3) is 0.200. The average molecular weight is 256 g/mol. The number of rotatable bonds is 3. The number of aromatic nitrogens is 1. The van der Waals surface area contributed by atoms with Crippen LogP contribution in [0.4, 0.5) is 5.82 Å². The second-order valence-corrected chi connectivity index (χ2v) is 4.63. The zero-order chi connectivity index (χ0) is 14.0. The smallest absolute Gasteiger partial charge is 0.339 e. The molecule has 98 valence electrons. The van der Waals surface area contributed by atoms with Crippen molar-refractivity contribution in [2.24, 2.45) is 0 Å². The van der Waals surface area contributed by atoms with Crippen molar-refractivity contribution in [2.75, 3.05) is 19.0 Å². The summed E-state index contributed by atoms with van der Waals surface area (Å²) in [5.41, 5.74) is 3.14. The quantitative estimate of drug-likeness (QED) is 0.917. The number of carboxylic acids is 1. The Morgan fingerprint density at radius 2 is 1.74 bits per heavy atom. The first-order chi connectivity index (χ1) is 8.99. The van der Waals surface area contributed by atoms with Crippen LogP contribution in [0.25, 0.3) is 11.3 Å². The van der Waals surface area contributed by atoms with Crippen LogP contribution in [0.2, 0.25) is 0 Å². The normalized spacial score (nSPS) is 10.3. The van der Waals surface area contributed by atoms with Crippen LogP contribution in [0.3, 0.4) is 0 Å². The van der Waals surface area contributed by atoms with E-state index >= 15 is 0 Å². The molecule has 0 bridgehead atoms. The van der Waals surface area contributed by atoms with E-state index in [2.05, 4.69) is 4.98 Å². The number of pyridine rings is 1. The molecule has 0 fully saturated rings. The van der Waals surface area contributed by atoms with Gasteiger partial charge in [0.25, 0.3) is 0 Å². The molecule has 4 nitrogen and oxygen atoms in total. The van der Waals surface area contributed by atoms with Gasteiger partial charge in [0.2, 0.25) is 0 Å². The number of hydrogen-bond acceptors (Lipinski definition) is 3. The van der Waals surface area contributed by atoms with Gasteiger partial charge < -0.3 is 10.0 Å². The first kappa shape index (κ1) is 13.1. The van der Waals surface area contributed by atoms with E-state index in [1.807, 2.05) is 31.2 Å². The van der Waals surface area contributed by atoms with Gasteiger partial charge in [0.05, 0.1) is 5.69 Å². The van der Waals surface area contributed by atoms with Crippen LogP contribution >= 0.6 is 0 Å². The van der Waals surface area contributed by atoms with E-state index in [4.69, 9.17) is 5.11 Å². The van der Waals surface area contributed by atoms with Gasteiger partial charge in [-0.1, -0.05) is 29.8 Å². The summed E-state index contributed by atoms with van der Waals surface area (Å²) in [6, 6.07) is 11.3. The van der Waals surface area contributed by atoms with Crippen molar-refractivity contribution in [1.29, 1.82) is 0 Å². The van der Waals surface area contributed by atoms with E-state index in [1.54, 1.807) is 31.1 Å². The molecule has 2 aromatic rings. The third kappa shape index (κ3) is 2.73. The van der Waals surface area contributed by atoms with E-state index in [-0.39, 0.29) is 5.56 Å². The molecular weight excluding hydrogens is 240 g/mol. The highest BCUT2D eigenvalue weighted by Gasteiger charge is 2.14. The molecule has 1 aromatic heterocycles. The summed E-state index contributed by atoms with van der Waals surface area (Å²) >= 11 is 0. The average Bonchev–Trinajstić information content (AvgIpc) is 2.38. The van der Waals surface area contributed by atoms with Gasteiger partial charge in [0, 0.05) is 19.7 Å². The molecular formula is C15H16N2O2. The minimum atomic E-state index is -0.966. The van der Waals surface area contributed by atoms with Gasteiger partial charge in [-0.15, -0.1) is 0 Å². The van der Waals surface area contributed by atoms with E-state index in [9.17, 15) is 4.79 Å². The fourth-order valence-corrected chi connectivity index (χ4v) is 1.84. The molecule has 0 aliphatic carbocycles. The van der Waals surface area contributed by atoms with E-state index < -0.39 is 5.97 Å². The van der Waals surface area contributed by atoms with Gasteiger partial charge in [0.15, 0.2) is 0 Å². The minimum Gasteiger partial charge on any atom is -0.478 e. The van der Waals surface area contributed by atoms with Crippen LogP contribution in [0, 0.1) is 6.92 Å². The molecule has 0 spiro atoms. The fourth-order valence-electron chi connectivity index (χ4n) is 1.84. The van der Waals surface area contributed by atoms with Crippen molar-refractivity contribution in [2.45, 2.75) is 6.92 Å². The molecule has 0 aliphatic rings. The summed E-state index contributed by atoms with van der Waals surface area (Å²) in [5.74, 6) is -0.503. The molecule has 0 radical (unpaired) electrons. The predicted octanol–water partition coefficient (Wildman–Crippen LogP) is 2.82. The van der Waals surface area contributed by atoms with Crippen LogP contribution in [0.1, 0.15) is 15.9 Å². The topological polar surface area (TPSA) is 53.4 Å². The molecule has 19 heavy (non-hydrogen) atoms. The standard InChI is InChI=1S/C15H16N2O2/c1-10-4-6-11(7-5-10)13-9-8-12(15(18)19)14(16-13)17(2)3/h4-9H,1-3H3,(H,18,19). The van der Waals surface area contributed by atoms with E-state index in [0.717, 1.165) is 11.3 Å². The van der Waals surface area contributed by atoms with Crippen LogP contribution < -0.4 is 4.90 Å². The van der Waals surface area contributed by atoms with Crippen molar-refractivity contribution in [3.8, 4) is 11.3 Å². The predicted molar refractivity (Wildman–Crippen MR) is 75.7 cm³/mol. The van der Waals surface area contributed by atoms with Crippen LogP contribution in [-0.2, 0) is 0 Å². The molecule has 1 heterocycles. The van der Waals surface area contributed by atoms with Gasteiger partial charge in [-0.3, -0.25) is 0 Å². The Morgan fingerprint density at radius 1 is 1.11 bits per heavy atom. The Balaban J connectivity index is 2.52. The lowest BCUT2D eigenvalue weighted by molar-refractivity contribution is 0.0697. The van der Waals surface area contributed by atoms with Crippen molar-refractivity contribution >= 4 is 11.8 Å². The zero-order valence-electron chi connectivity index (χ0n) is 11.2. The molecule has 0 aliphatic heterocycles. The first-order valence-corrected chi connectivity index (χ1v) is 5.98.